The van der Waals surface area contributed by atoms with E-state index in [1.807, 2.05) is 31.2 Å². The van der Waals surface area contributed by atoms with E-state index in [1.54, 1.807) is 18.5 Å². The molecule has 10 nitrogen and oxygen atoms in total. The SMILES string of the molecule is CCOc1cncc(-c2ccc(NC(=O)C3(c4cc(NS(=O)(=O)C5CC5)ncn4)CC4CC4C3)cc2)n1. The van der Waals surface area contributed by atoms with E-state index >= 15 is 0 Å². The van der Waals surface area contributed by atoms with Crippen LogP contribution in [-0.2, 0) is 20.2 Å². The number of aromatic nitrogens is 4. The van der Waals surface area contributed by atoms with E-state index in [0.717, 1.165) is 12.0 Å². The van der Waals surface area contributed by atoms with Crippen LogP contribution in [0.15, 0.2) is 49.1 Å². The third-order valence-corrected chi connectivity index (χ3v) is 9.28. The van der Waals surface area contributed by atoms with Crippen molar-refractivity contribution in [2.75, 3.05) is 16.6 Å². The van der Waals surface area contributed by atoms with Gasteiger partial charge in [-0.25, -0.2) is 23.4 Å². The fourth-order valence-corrected chi connectivity index (χ4v) is 6.59. The molecule has 2 atom stereocenters. The molecule has 11 heteroatoms. The fraction of sp³-hybridized carbons (Fsp3) is 0.423. The number of nitrogens with one attached hydrogen (secondary N) is 2. The maximum Gasteiger partial charge on any atom is 0.236 e. The molecule has 2 heterocycles. The number of carbonyl (C=O) groups is 1. The van der Waals surface area contributed by atoms with Gasteiger partial charge >= 0.3 is 0 Å². The summed E-state index contributed by atoms with van der Waals surface area (Å²) in [6, 6.07) is 9.05. The van der Waals surface area contributed by atoms with Crippen LogP contribution in [0, 0.1) is 11.8 Å². The molecule has 0 bridgehead atoms. The first kappa shape index (κ1) is 23.8. The molecule has 0 radical (unpaired) electrons. The zero-order chi connectivity index (χ0) is 25.6. The normalized spacial score (nSPS) is 24.2. The van der Waals surface area contributed by atoms with Gasteiger partial charge in [-0.05, 0) is 63.0 Å². The maximum atomic E-state index is 13.7. The highest BCUT2D eigenvalue weighted by atomic mass is 32.2. The maximum absolute atomic E-state index is 13.7. The van der Waals surface area contributed by atoms with E-state index in [4.69, 9.17) is 4.74 Å². The second-order valence-corrected chi connectivity index (χ2v) is 12.0. The van der Waals surface area contributed by atoms with Gasteiger partial charge in [0.05, 0.1) is 41.1 Å². The van der Waals surface area contributed by atoms with Crippen LogP contribution >= 0.6 is 0 Å². The Labute approximate surface area is 215 Å². The molecule has 3 aliphatic carbocycles. The van der Waals surface area contributed by atoms with Gasteiger partial charge in [-0.2, -0.15) is 0 Å². The summed E-state index contributed by atoms with van der Waals surface area (Å²) in [6.45, 7) is 2.40. The molecule has 3 aliphatic rings. The average molecular weight is 521 g/mol. The molecular weight excluding hydrogens is 492 g/mol. The molecule has 1 aromatic carbocycles. The van der Waals surface area contributed by atoms with Crippen molar-refractivity contribution in [3.8, 4) is 17.1 Å². The monoisotopic (exact) mass is 520 g/mol. The summed E-state index contributed by atoms with van der Waals surface area (Å²) in [5.41, 5.74) is 1.92. The van der Waals surface area contributed by atoms with Crippen molar-refractivity contribution in [2.45, 2.75) is 49.7 Å². The van der Waals surface area contributed by atoms with Crippen LogP contribution in [0.1, 0.15) is 44.7 Å². The van der Waals surface area contributed by atoms with Crippen molar-refractivity contribution in [3.05, 3.63) is 54.7 Å². The summed E-state index contributed by atoms with van der Waals surface area (Å²) < 4.78 is 32.9. The molecule has 1 amide bonds. The van der Waals surface area contributed by atoms with E-state index in [1.165, 1.54) is 6.33 Å². The van der Waals surface area contributed by atoms with Crippen molar-refractivity contribution in [1.29, 1.82) is 0 Å². The number of carbonyl (C=O) groups excluding carboxylic acids is 1. The number of ether oxygens (including phenoxy) is 1. The van der Waals surface area contributed by atoms with Gasteiger partial charge < -0.3 is 10.1 Å². The molecule has 3 saturated carbocycles. The number of amides is 1. The lowest BCUT2D eigenvalue weighted by molar-refractivity contribution is -0.122. The second-order valence-electron chi connectivity index (χ2n) is 10.1. The second kappa shape index (κ2) is 9.05. The van der Waals surface area contributed by atoms with Crippen LogP contribution in [0.5, 0.6) is 5.88 Å². The number of hydrogen-bond donors (Lipinski definition) is 2. The van der Waals surface area contributed by atoms with Gasteiger partial charge in [-0.1, -0.05) is 12.1 Å². The summed E-state index contributed by atoms with van der Waals surface area (Å²) in [6.07, 6.45) is 8.39. The van der Waals surface area contributed by atoms with E-state index in [2.05, 4.69) is 30.0 Å². The van der Waals surface area contributed by atoms with Crippen molar-refractivity contribution >= 4 is 27.4 Å². The Bertz CT molecular complexity index is 1430. The summed E-state index contributed by atoms with van der Waals surface area (Å²) in [4.78, 5) is 30.9. The highest BCUT2D eigenvalue weighted by Crippen LogP contribution is 2.60. The van der Waals surface area contributed by atoms with E-state index in [9.17, 15) is 13.2 Å². The quantitative estimate of drug-likeness (QED) is 0.437. The van der Waals surface area contributed by atoms with Crippen LogP contribution in [0.4, 0.5) is 11.5 Å². The Kier molecular flexibility index (Phi) is 5.82. The molecule has 192 valence electrons. The standard InChI is InChI=1S/C26H28N6O4S/c1-2-36-24-14-27-13-21(31-24)16-3-5-19(6-4-16)30-25(33)26(11-17-9-18(17)12-26)22-10-23(29-15-28-22)32-37(34,35)20-7-8-20/h3-6,10,13-15,17-18,20H,2,7-9,11-12H2,1H3,(H,30,33)(H,28,29,32). The lowest BCUT2D eigenvalue weighted by Crippen LogP contribution is -2.40. The zero-order valence-electron chi connectivity index (χ0n) is 20.4. The van der Waals surface area contributed by atoms with Crippen LogP contribution in [0.3, 0.4) is 0 Å². The van der Waals surface area contributed by atoms with Gasteiger partial charge in [0.2, 0.25) is 21.8 Å². The molecule has 2 N–H and O–H groups in total. The average Bonchev–Trinajstić information content (AvgIpc) is 3.83. The van der Waals surface area contributed by atoms with Gasteiger partial charge in [-0.15, -0.1) is 0 Å². The van der Waals surface area contributed by atoms with Gasteiger partial charge in [0, 0.05) is 17.3 Å². The number of hydrogen-bond acceptors (Lipinski definition) is 8. The fourth-order valence-electron chi connectivity index (χ4n) is 5.26. The van der Waals surface area contributed by atoms with E-state index in [-0.39, 0.29) is 17.0 Å². The van der Waals surface area contributed by atoms with Crippen molar-refractivity contribution in [3.63, 3.8) is 0 Å². The Hall–Kier alpha value is -3.60. The Morgan fingerprint density at radius 1 is 1.11 bits per heavy atom. The molecule has 0 aliphatic heterocycles. The first-order valence-corrected chi connectivity index (χ1v) is 14.1. The minimum atomic E-state index is -3.46. The number of fused-ring (bicyclic) bond motifs is 1. The smallest absolute Gasteiger partial charge is 0.236 e. The summed E-state index contributed by atoms with van der Waals surface area (Å²) in [7, 11) is -3.46. The number of anilines is 2. The minimum Gasteiger partial charge on any atom is -0.477 e. The van der Waals surface area contributed by atoms with Crippen molar-refractivity contribution in [2.24, 2.45) is 11.8 Å². The summed E-state index contributed by atoms with van der Waals surface area (Å²) in [5.74, 6) is 1.52. The molecule has 37 heavy (non-hydrogen) atoms. The summed E-state index contributed by atoms with van der Waals surface area (Å²) >= 11 is 0. The van der Waals surface area contributed by atoms with Gasteiger partial charge in [0.25, 0.3) is 0 Å². The largest absolute Gasteiger partial charge is 0.477 e. The van der Waals surface area contributed by atoms with Gasteiger partial charge in [0.1, 0.15) is 12.1 Å². The number of sulfonamides is 1. The first-order valence-electron chi connectivity index (χ1n) is 12.6. The third kappa shape index (κ3) is 4.75. The predicted octanol–water partition coefficient (Wildman–Crippen LogP) is 3.54. The van der Waals surface area contributed by atoms with Crippen LogP contribution in [0.2, 0.25) is 0 Å². The Balaban J connectivity index is 1.22. The van der Waals surface area contributed by atoms with Crippen molar-refractivity contribution < 1.29 is 17.9 Å². The molecule has 3 aromatic rings. The number of nitrogens with zero attached hydrogens (tertiary/aromatic N) is 4. The molecule has 2 aromatic heterocycles. The predicted molar refractivity (Wildman–Crippen MR) is 137 cm³/mol. The topological polar surface area (TPSA) is 136 Å². The highest BCUT2D eigenvalue weighted by molar-refractivity contribution is 7.93. The lowest BCUT2D eigenvalue weighted by atomic mass is 9.78. The number of rotatable bonds is 9. The van der Waals surface area contributed by atoms with E-state index in [0.29, 0.717) is 67.1 Å². The molecule has 3 fully saturated rings. The Morgan fingerprint density at radius 3 is 2.57 bits per heavy atom. The van der Waals surface area contributed by atoms with Crippen LogP contribution in [0.25, 0.3) is 11.3 Å². The van der Waals surface area contributed by atoms with Crippen LogP contribution in [-0.4, -0.2) is 46.1 Å². The highest BCUT2D eigenvalue weighted by Gasteiger charge is 2.59. The first-order chi connectivity index (χ1) is 17.9. The van der Waals surface area contributed by atoms with Crippen molar-refractivity contribution in [1.82, 2.24) is 19.9 Å². The summed E-state index contributed by atoms with van der Waals surface area (Å²) in [5, 5.41) is 2.71. The molecular formula is C26H28N6O4S. The molecule has 0 spiro atoms. The third-order valence-electron chi connectivity index (χ3n) is 7.44. The van der Waals surface area contributed by atoms with Gasteiger partial charge in [0.15, 0.2) is 0 Å². The van der Waals surface area contributed by atoms with Crippen LogP contribution < -0.4 is 14.8 Å². The Morgan fingerprint density at radius 2 is 1.86 bits per heavy atom. The lowest BCUT2D eigenvalue weighted by Gasteiger charge is -2.29. The number of benzene rings is 1. The van der Waals surface area contributed by atoms with E-state index < -0.39 is 15.4 Å². The molecule has 0 saturated heterocycles. The van der Waals surface area contributed by atoms with Gasteiger partial charge in [-0.3, -0.25) is 14.5 Å². The zero-order valence-corrected chi connectivity index (χ0v) is 21.2. The molecule has 6 rings (SSSR count). The molecule has 2 unspecified atom stereocenters. The minimum absolute atomic E-state index is 0.139.